The summed E-state index contributed by atoms with van der Waals surface area (Å²) in [5.41, 5.74) is 1.23. The van der Waals surface area contributed by atoms with Gasteiger partial charge in [-0.3, -0.25) is 14.6 Å². The predicted octanol–water partition coefficient (Wildman–Crippen LogP) is 0.735. The van der Waals surface area contributed by atoms with E-state index in [0.717, 1.165) is 5.56 Å². The van der Waals surface area contributed by atoms with Crippen molar-refractivity contribution < 1.29 is 24.2 Å². The molecule has 1 aliphatic heterocycles. The van der Waals surface area contributed by atoms with Crippen LogP contribution in [-0.4, -0.2) is 64.6 Å². The molecule has 3 rings (SSSR count). The standard InChI is InChI=1S/C20H21N3O5/c24-18(15-7-4-8-21-12-15)22-16(11-14-5-2-1-3-6-14)19(25)23-9-10-28-17(13-23)20(26)27/h1-8,12,16-17H,9-11,13H2,(H,22,24)(H,26,27). The second-order valence-electron chi connectivity index (χ2n) is 6.44. The topological polar surface area (TPSA) is 109 Å². The number of aliphatic carboxylic acids is 1. The van der Waals surface area contributed by atoms with Gasteiger partial charge in [-0.2, -0.15) is 0 Å². The predicted molar refractivity (Wildman–Crippen MR) is 99.6 cm³/mol. The van der Waals surface area contributed by atoms with E-state index in [1.807, 2.05) is 30.3 Å². The van der Waals surface area contributed by atoms with Gasteiger partial charge in [0, 0.05) is 25.4 Å². The third-order valence-corrected chi connectivity index (χ3v) is 4.46. The number of nitrogens with zero attached hydrogens (tertiary/aromatic N) is 2. The first kappa shape index (κ1) is 19.5. The van der Waals surface area contributed by atoms with E-state index >= 15 is 0 Å². The first-order valence-electron chi connectivity index (χ1n) is 8.92. The van der Waals surface area contributed by atoms with Gasteiger partial charge in [0.05, 0.1) is 18.7 Å². The van der Waals surface area contributed by atoms with E-state index in [9.17, 15) is 14.4 Å². The lowest BCUT2D eigenvalue weighted by atomic mass is 10.0. The van der Waals surface area contributed by atoms with Gasteiger partial charge in [0.2, 0.25) is 5.91 Å². The van der Waals surface area contributed by atoms with Crippen molar-refractivity contribution in [1.29, 1.82) is 0 Å². The number of benzene rings is 1. The number of rotatable bonds is 6. The third-order valence-electron chi connectivity index (χ3n) is 4.46. The SMILES string of the molecule is O=C(NC(Cc1ccccc1)C(=O)N1CCOC(C(=O)O)C1)c1cccnc1. The van der Waals surface area contributed by atoms with Gasteiger partial charge in [-0.25, -0.2) is 4.79 Å². The van der Waals surface area contributed by atoms with Crippen LogP contribution in [0.15, 0.2) is 54.9 Å². The summed E-state index contributed by atoms with van der Waals surface area (Å²) in [5, 5.41) is 11.9. The van der Waals surface area contributed by atoms with E-state index in [-0.39, 0.29) is 25.6 Å². The van der Waals surface area contributed by atoms with Crippen LogP contribution in [-0.2, 0) is 20.7 Å². The molecular formula is C20H21N3O5. The smallest absolute Gasteiger partial charge is 0.334 e. The van der Waals surface area contributed by atoms with E-state index < -0.39 is 24.0 Å². The lowest BCUT2D eigenvalue weighted by molar-refractivity contribution is -0.159. The number of carbonyl (C=O) groups is 3. The van der Waals surface area contributed by atoms with Crippen LogP contribution in [0.25, 0.3) is 0 Å². The molecule has 2 N–H and O–H groups in total. The highest BCUT2D eigenvalue weighted by Gasteiger charge is 2.33. The Balaban J connectivity index is 1.77. The Morgan fingerprint density at radius 2 is 2.00 bits per heavy atom. The molecule has 1 saturated heterocycles. The number of carboxylic acids is 1. The van der Waals surface area contributed by atoms with Crippen molar-refractivity contribution in [3.8, 4) is 0 Å². The van der Waals surface area contributed by atoms with Crippen LogP contribution < -0.4 is 5.32 Å². The van der Waals surface area contributed by atoms with E-state index in [0.29, 0.717) is 12.0 Å². The molecule has 2 unspecified atom stereocenters. The zero-order valence-electron chi connectivity index (χ0n) is 15.2. The molecule has 0 spiro atoms. The highest BCUT2D eigenvalue weighted by Crippen LogP contribution is 2.12. The minimum Gasteiger partial charge on any atom is -0.479 e. The van der Waals surface area contributed by atoms with E-state index in [1.165, 1.54) is 11.1 Å². The first-order valence-corrected chi connectivity index (χ1v) is 8.92. The Kier molecular flexibility index (Phi) is 6.33. The minimum atomic E-state index is -1.11. The van der Waals surface area contributed by atoms with Crippen molar-refractivity contribution in [2.45, 2.75) is 18.6 Å². The molecule has 0 saturated carbocycles. The van der Waals surface area contributed by atoms with Crippen LogP contribution in [0.2, 0.25) is 0 Å². The van der Waals surface area contributed by atoms with E-state index in [4.69, 9.17) is 9.84 Å². The summed E-state index contributed by atoms with van der Waals surface area (Å²) in [7, 11) is 0. The van der Waals surface area contributed by atoms with Crippen molar-refractivity contribution in [3.05, 3.63) is 66.0 Å². The number of hydrogen-bond acceptors (Lipinski definition) is 5. The molecule has 8 nitrogen and oxygen atoms in total. The average molecular weight is 383 g/mol. The number of carboxylic acid groups (broad SMARTS) is 1. The van der Waals surface area contributed by atoms with E-state index in [2.05, 4.69) is 10.3 Å². The van der Waals surface area contributed by atoms with Crippen molar-refractivity contribution >= 4 is 17.8 Å². The van der Waals surface area contributed by atoms with Crippen LogP contribution in [0.3, 0.4) is 0 Å². The summed E-state index contributed by atoms with van der Waals surface area (Å²) in [6.45, 7) is 0.357. The molecule has 8 heteroatoms. The Morgan fingerprint density at radius 3 is 2.68 bits per heavy atom. The zero-order valence-corrected chi connectivity index (χ0v) is 15.2. The molecule has 0 aliphatic carbocycles. The Morgan fingerprint density at radius 1 is 1.21 bits per heavy atom. The van der Waals surface area contributed by atoms with Crippen LogP contribution >= 0.6 is 0 Å². The second-order valence-corrected chi connectivity index (χ2v) is 6.44. The molecule has 1 aromatic heterocycles. The lowest BCUT2D eigenvalue weighted by Gasteiger charge is -2.33. The normalized spacial score (nSPS) is 17.6. The van der Waals surface area contributed by atoms with Gasteiger partial charge < -0.3 is 20.1 Å². The van der Waals surface area contributed by atoms with Crippen molar-refractivity contribution in [3.63, 3.8) is 0 Å². The van der Waals surface area contributed by atoms with Crippen molar-refractivity contribution in [2.24, 2.45) is 0 Å². The Bertz CT molecular complexity index is 828. The molecule has 146 valence electrons. The molecular weight excluding hydrogens is 362 g/mol. The van der Waals surface area contributed by atoms with Crippen molar-refractivity contribution in [2.75, 3.05) is 19.7 Å². The van der Waals surface area contributed by atoms with Crippen LogP contribution in [0, 0.1) is 0 Å². The molecule has 1 fully saturated rings. The lowest BCUT2D eigenvalue weighted by Crippen LogP contribution is -2.55. The number of nitrogens with one attached hydrogen (secondary N) is 1. The van der Waals surface area contributed by atoms with Gasteiger partial charge >= 0.3 is 5.97 Å². The summed E-state index contributed by atoms with van der Waals surface area (Å²) in [5.74, 6) is -1.86. The monoisotopic (exact) mass is 383 g/mol. The summed E-state index contributed by atoms with van der Waals surface area (Å²) >= 11 is 0. The molecule has 2 atom stereocenters. The number of morpholine rings is 1. The fourth-order valence-corrected chi connectivity index (χ4v) is 3.01. The maximum atomic E-state index is 13.1. The minimum absolute atomic E-state index is 0.0534. The van der Waals surface area contributed by atoms with Gasteiger partial charge in [-0.05, 0) is 17.7 Å². The number of carbonyl (C=O) groups excluding carboxylic acids is 2. The summed E-state index contributed by atoms with van der Waals surface area (Å²) in [4.78, 5) is 42.2. The fourth-order valence-electron chi connectivity index (χ4n) is 3.01. The van der Waals surface area contributed by atoms with Gasteiger partial charge in [0.15, 0.2) is 6.10 Å². The van der Waals surface area contributed by atoms with E-state index in [1.54, 1.807) is 18.3 Å². The summed E-state index contributed by atoms with van der Waals surface area (Å²) in [6, 6.07) is 11.7. The molecule has 28 heavy (non-hydrogen) atoms. The van der Waals surface area contributed by atoms with Crippen molar-refractivity contribution in [1.82, 2.24) is 15.2 Å². The van der Waals surface area contributed by atoms with Gasteiger partial charge in [-0.15, -0.1) is 0 Å². The highest BCUT2D eigenvalue weighted by molar-refractivity contribution is 5.97. The molecule has 2 aromatic rings. The van der Waals surface area contributed by atoms with Gasteiger partial charge in [0.25, 0.3) is 5.91 Å². The average Bonchev–Trinajstić information content (AvgIpc) is 2.74. The van der Waals surface area contributed by atoms with Gasteiger partial charge in [0.1, 0.15) is 6.04 Å². The molecule has 0 radical (unpaired) electrons. The maximum absolute atomic E-state index is 13.1. The zero-order chi connectivity index (χ0) is 19.9. The molecule has 1 aromatic carbocycles. The van der Waals surface area contributed by atoms with Crippen LogP contribution in [0.4, 0.5) is 0 Å². The maximum Gasteiger partial charge on any atom is 0.334 e. The van der Waals surface area contributed by atoms with Crippen LogP contribution in [0.1, 0.15) is 15.9 Å². The van der Waals surface area contributed by atoms with Crippen LogP contribution in [0.5, 0.6) is 0 Å². The third kappa shape index (κ3) is 4.92. The molecule has 0 bridgehead atoms. The second kappa shape index (κ2) is 9.09. The Hall–Kier alpha value is -3.26. The highest BCUT2D eigenvalue weighted by atomic mass is 16.5. The molecule has 2 amide bonds. The number of hydrogen-bond donors (Lipinski definition) is 2. The number of pyridine rings is 1. The summed E-state index contributed by atoms with van der Waals surface area (Å²) in [6.07, 6.45) is 2.21. The molecule has 1 aliphatic rings. The molecule has 2 heterocycles. The number of aromatic nitrogens is 1. The summed E-state index contributed by atoms with van der Waals surface area (Å²) < 4.78 is 5.18. The number of amides is 2. The van der Waals surface area contributed by atoms with Gasteiger partial charge in [-0.1, -0.05) is 30.3 Å². The quantitative estimate of drug-likeness (QED) is 0.761. The largest absolute Gasteiger partial charge is 0.479 e. The Labute approximate surface area is 162 Å². The first-order chi connectivity index (χ1) is 13.5. The number of ether oxygens (including phenoxy) is 1. The fraction of sp³-hybridized carbons (Fsp3) is 0.300.